The summed E-state index contributed by atoms with van der Waals surface area (Å²) in [5.74, 6) is -1.13. The summed E-state index contributed by atoms with van der Waals surface area (Å²) >= 11 is 0. The van der Waals surface area contributed by atoms with Crippen molar-refractivity contribution in [1.82, 2.24) is 0 Å². The number of nitrogens with zero attached hydrogens (tertiary/aromatic N) is 3. The second-order valence-corrected chi connectivity index (χ2v) is 7.01. The number of nitrogens with two attached hydrogens (primary N) is 1. The van der Waals surface area contributed by atoms with Crippen LogP contribution < -0.4 is 10.5 Å². The molecule has 0 bridgehead atoms. The van der Waals surface area contributed by atoms with E-state index in [9.17, 15) is 10.5 Å². The van der Waals surface area contributed by atoms with Crippen LogP contribution in [0.4, 0.5) is 0 Å². The Labute approximate surface area is 152 Å². The van der Waals surface area contributed by atoms with Gasteiger partial charge in [-0.3, -0.25) is 0 Å². The fourth-order valence-electron chi connectivity index (χ4n) is 4.34. The van der Waals surface area contributed by atoms with E-state index in [1.807, 2.05) is 38.1 Å². The van der Waals surface area contributed by atoms with Gasteiger partial charge < -0.3 is 19.9 Å². The molecule has 0 amide bonds. The number of amidine groups is 1. The minimum absolute atomic E-state index is 0.104. The minimum Gasteiger partial charge on any atom is -0.494 e. The zero-order valence-corrected chi connectivity index (χ0v) is 14.7. The fourth-order valence-corrected chi connectivity index (χ4v) is 4.34. The molecule has 1 aliphatic carbocycles. The highest BCUT2D eigenvalue weighted by atomic mass is 16.8. The summed E-state index contributed by atoms with van der Waals surface area (Å²) in [4.78, 5) is 4.30. The molecule has 1 spiro atoms. The zero-order valence-electron chi connectivity index (χ0n) is 14.7. The lowest BCUT2D eigenvalue weighted by Gasteiger charge is -2.26. The Morgan fingerprint density at radius 1 is 1.31 bits per heavy atom. The summed E-state index contributed by atoms with van der Waals surface area (Å²) in [6, 6.07) is 12.0. The van der Waals surface area contributed by atoms with Crippen LogP contribution in [0.2, 0.25) is 0 Å². The summed E-state index contributed by atoms with van der Waals surface area (Å²) in [5, 5.41) is 20.0. The molecule has 0 radical (unpaired) electrons. The first kappa shape index (κ1) is 16.8. The molecule has 2 heterocycles. The maximum atomic E-state index is 10.1. The van der Waals surface area contributed by atoms with Crippen molar-refractivity contribution in [3.05, 3.63) is 29.8 Å². The van der Waals surface area contributed by atoms with E-state index in [4.69, 9.17) is 19.9 Å². The lowest BCUT2D eigenvalue weighted by Crippen LogP contribution is -2.39. The van der Waals surface area contributed by atoms with Gasteiger partial charge in [0.05, 0.1) is 31.5 Å². The monoisotopic (exact) mass is 352 g/mol. The third-order valence-electron chi connectivity index (χ3n) is 5.49. The smallest absolute Gasteiger partial charge is 0.293 e. The normalized spacial score (nSPS) is 39.8. The van der Waals surface area contributed by atoms with Crippen molar-refractivity contribution >= 4 is 5.84 Å². The number of benzene rings is 1. The molecule has 1 aromatic rings. The standard InChI is InChI=1S/C19H20N4O3/c1-3-8-24-14-6-4-13(5-7-14)15-17(10-20)16(22)23-19(18(15,17)11-21)25-9-12(2)26-19/h4-7,12,15H,3,8-9H2,1-2H3,(H2,22,23). The van der Waals surface area contributed by atoms with Crippen LogP contribution >= 0.6 is 0 Å². The molecule has 2 aliphatic heterocycles. The van der Waals surface area contributed by atoms with E-state index >= 15 is 0 Å². The second kappa shape index (κ2) is 5.44. The first-order valence-electron chi connectivity index (χ1n) is 8.74. The number of nitriles is 2. The van der Waals surface area contributed by atoms with Gasteiger partial charge in [-0.15, -0.1) is 0 Å². The number of fused-ring (bicyclic) bond motifs is 2. The summed E-state index contributed by atoms with van der Waals surface area (Å²) in [5.41, 5.74) is 4.44. The predicted molar refractivity (Wildman–Crippen MR) is 91.9 cm³/mol. The molecule has 7 heteroatoms. The Kier molecular flexibility index (Phi) is 3.52. The van der Waals surface area contributed by atoms with Gasteiger partial charge in [-0.25, -0.2) is 4.99 Å². The summed E-state index contributed by atoms with van der Waals surface area (Å²) in [7, 11) is 0. The van der Waals surface area contributed by atoms with E-state index in [1.165, 1.54) is 0 Å². The molecule has 0 aromatic heterocycles. The molecule has 26 heavy (non-hydrogen) atoms. The minimum atomic E-state index is -1.51. The Bertz CT molecular complexity index is 855. The highest BCUT2D eigenvalue weighted by Gasteiger charge is 2.94. The Morgan fingerprint density at radius 3 is 2.58 bits per heavy atom. The van der Waals surface area contributed by atoms with Crippen molar-refractivity contribution in [1.29, 1.82) is 10.5 Å². The van der Waals surface area contributed by atoms with Crippen molar-refractivity contribution < 1.29 is 14.2 Å². The Balaban J connectivity index is 1.76. The van der Waals surface area contributed by atoms with Crippen LogP contribution in [0, 0.1) is 33.5 Å². The van der Waals surface area contributed by atoms with Gasteiger partial charge in [0.15, 0.2) is 5.41 Å². The van der Waals surface area contributed by atoms with Gasteiger partial charge in [0.25, 0.3) is 5.91 Å². The summed E-state index contributed by atoms with van der Waals surface area (Å²) in [6.45, 7) is 4.82. The van der Waals surface area contributed by atoms with Crippen molar-refractivity contribution in [3.63, 3.8) is 0 Å². The van der Waals surface area contributed by atoms with E-state index in [0.717, 1.165) is 17.7 Å². The molecule has 7 nitrogen and oxygen atoms in total. The topological polar surface area (TPSA) is 114 Å². The lowest BCUT2D eigenvalue weighted by atomic mass is 9.94. The molecule has 2 N–H and O–H groups in total. The van der Waals surface area contributed by atoms with E-state index in [1.54, 1.807) is 0 Å². The van der Waals surface area contributed by atoms with Gasteiger partial charge in [-0.2, -0.15) is 10.5 Å². The largest absolute Gasteiger partial charge is 0.494 e. The van der Waals surface area contributed by atoms with Crippen LogP contribution in [-0.2, 0) is 9.47 Å². The van der Waals surface area contributed by atoms with Crippen LogP contribution in [0.3, 0.4) is 0 Å². The predicted octanol–water partition coefficient (Wildman–Crippen LogP) is 2.05. The molecule has 1 aromatic carbocycles. The Hall–Kier alpha value is -2.61. The quantitative estimate of drug-likeness (QED) is 0.887. The molecule has 5 unspecified atom stereocenters. The third kappa shape index (κ3) is 1.74. The summed E-state index contributed by atoms with van der Waals surface area (Å²) < 4.78 is 17.3. The average molecular weight is 352 g/mol. The highest BCUT2D eigenvalue weighted by Crippen LogP contribution is 2.82. The first-order chi connectivity index (χ1) is 12.5. The van der Waals surface area contributed by atoms with Gasteiger partial charge in [-0.1, -0.05) is 19.1 Å². The van der Waals surface area contributed by atoms with Crippen LogP contribution in [0.5, 0.6) is 5.75 Å². The summed E-state index contributed by atoms with van der Waals surface area (Å²) in [6.07, 6.45) is 0.694. The first-order valence-corrected chi connectivity index (χ1v) is 8.74. The molecule has 2 fully saturated rings. The number of hydrogen-bond acceptors (Lipinski definition) is 7. The molecule has 5 atom stereocenters. The molecule has 3 aliphatic rings. The van der Waals surface area contributed by atoms with Gasteiger partial charge in [0.1, 0.15) is 17.0 Å². The SMILES string of the molecule is CCCOc1ccc(C2C3(C#N)C(N)=NC4(OCC(C)O4)C23C#N)cc1. The fraction of sp³-hybridized carbons (Fsp3) is 0.526. The van der Waals surface area contributed by atoms with E-state index in [2.05, 4.69) is 17.1 Å². The van der Waals surface area contributed by atoms with E-state index < -0.39 is 22.7 Å². The molecular weight excluding hydrogens is 332 g/mol. The van der Waals surface area contributed by atoms with Crippen LogP contribution in [0.1, 0.15) is 31.7 Å². The van der Waals surface area contributed by atoms with Gasteiger partial charge in [0, 0.05) is 5.92 Å². The van der Waals surface area contributed by atoms with E-state index in [-0.39, 0.29) is 11.9 Å². The number of rotatable bonds is 4. The zero-order chi connectivity index (χ0) is 18.6. The van der Waals surface area contributed by atoms with Crippen molar-refractivity contribution in [2.45, 2.75) is 38.2 Å². The number of ether oxygens (including phenoxy) is 3. The highest BCUT2D eigenvalue weighted by molar-refractivity contribution is 6.00. The molecule has 1 saturated carbocycles. The van der Waals surface area contributed by atoms with Crippen molar-refractivity contribution in [3.8, 4) is 17.9 Å². The maximum Gasteiger partial charge on any atom is 0.293 e. The molecular formula is C19H20N4O3. The molecule has 134 valence electrons. The van der Waals surface area contributed by atoms with E-state index in [0.29, 0.717) is 13.2 Å². The van der Waals surface area contributed by atoms with Crippen LogP contribution in [0.25, 0.3) is 0 Å². The van der Waals surface area contributed by atoms with Gasteiger partial charge >= 0.3 is 0 Å². The third-order valence-corrected chi connectivity index (χ3v) is 5.49. The maximum absolute atomic E-state index is 10.1. The Morgan fingerprint density at radius 2 is 2.04 bits per heavy atom. The van der Waals surface area contributed by atoms with Crippen molar-refractivity contribution in [2.75, 3.05) is 13.2 Å². The van der Waals surface area contributed by atoms with Crippen molar-refractivity contribution in [2.24, 2.45) is 21.6 Å². The lowest BCUT2D eigenvalue weighted by molar-refractivity contribution is -0.193. The average Bonchev–Trinajstić information content (AvgIpc) is 3.04. The molecule has 4 rings (SSSR count). The molecule has 1 saturated heterocycles. The second-order valence-electron chi connectivity index (χ2n) is 7.01. The van der Waals surface area contributed by atoms with Crippen LogP contribution in [-0.4, -0.2) is 31.1 Å². The van der Waals surface area contributed by atoms with Gasteiger partial charge in [-0.05, 0) is 31.0 Å². The van der Waals surface area contributed by atoms with Gasteiger partial charge in [0.2, 0.25) is 0 Å². The number of aliphatic imine (C=N–C) groups is 1. The number of hydrogen-bond donors (Lipinski definition) is 1. The van der Waals surface area contributed by atoms with Crippen LogP contribution in [0.15, 0.2) is 29.3 Å².